The number of hydrogen-bond acceptors (Lipinski definition) is 8. The third-order valence-electron chi connectivity index (χ3n) is 10.9. The number of methoxy groups -OCH3 is 2. The Bertz CT molecular complexity index is 1280. The van der Waals surface area contributed by atoms with Gasteiger partial charge in [-0.25, -0.2) is 4.79 Å². The molecule has 0 amide bonds. The molecule has 0 N–H and O–H groups in total. The lowest BCUT2D eigenvalue weighted by molar-refractivity contribution is -0.218. The Labute approximate surface area is 324 Å². The molecule has 52 heavy (non-hydrogen) atoms. The minimum absolute atomic E-state index is 0.0229. The van der Waals surface area contributed by atoms with Crippen molar-refractivity contribution in [3.8, 4) is 5.75 Å². The van der Waals surface area contributed by atoms with Gasteiger partial charge < -0.3 is 32.2 Å². The molecule has 1 fully saturated rings. The van der Waals surface area contributed by atoms with E-state index in [2.05, 4.69) is 87.4 Å². The minimum atomic E-state index is -2.27. The summed E-state index contributed by atoms with van der Waals surface area (Å²) in [5.41, 5.74) is 1.92. The molecule has 0 aliphatic carbocycles. The van der Waals surface area contributed by atoms with Crippen LogP contribution in [0.15, 0.2) is 48.0 Å². The van der Waals surface area contributed by atoms with Crippen LogP contribution in [-0.2, 0) is 38.9 Å². The maximum absolute atomic E-state index is 13.2. The summed E-state index contributed by atoms with van der Waals surface area (Å²) >= 11 is 6.56. The topological polar surface area (TPSA) is 81.7 Å². The first kappa shape index (κ1) is 46.9. The van der Waals surface area contributed by atoms with Crippen molar-refractivity contribution >= 4 is 42.5 Å². The molecule has 7 atom stereocenters. The Morgan fingerprint density at radius 2 is 1.46 bits per heavy atom. The molecule has 0 aromatic heterocycles. The molecule has 1 aliphatic rings. The lowest BCUT2D eigenvalue weighted by Gasteiger charge is -2.47. The summed E-state index contributed by atoms with van der Waals surface area (Å²) in [6.07, 6.45) is -1.30. The Hall–Kier alpha value is -1.29. The molecule has 1 heterocycles. The second-order valence-corrected chi connectivity index (χ2v) is 31.5. The number of esters is 1. The Morgan fingerprint density at radius 3 is 1.92 bits per heavy atom. The van der Waals surface area contributed by atoms with Crippen LogP contribution in [0.4, 0.5) is 0 Å². The minimum Gasteiger partial charge on any atom is -0.497 e. The van der Waals surface area contributed by atoms with Gasteiger partial charge in [-0.3, -0.25) is 0 Å². The van der Waals surface area contributed by atoms with E-state index >= 15 is 0 Å². The van der Waals surface area contributed by atoms with E-state index in [1.807, 2.05) is 31.2 Å². The fraction of sp³-hybridized carbons (Fsp3) is 0.725. The summed E-state index contributed by atoms with van der Waals surface area (Å²) in [4.78, 5) is 13.2. The van der Waals surface area contributed by atoms with Crippen LogP contribution in [-0.4, -0.2) is 81.8 Å². The zero-order valence-corrected chi connectivity index (χ0v) is 38.6. The molecular formula is C40H71ClO8Si3. The molecular weight excluding hydrogens is 728 g/mol. The number of carbonyl (C=O) groups is 1. The number of hydrogen-bond donors (Lipinski definition) is 0. The number of rotatable bonds is 21. The standard InChI is InChI=1S/C40H71ClO8Si3/c1-17-52(18-2,19-3)48-34(26-29(5)41)33(47-51(15,16)40(7,8)9)24-28(4)25-35-38(49-50(12,13)14)36(30(6)37(46-35)39(42)44-11)45-27-31-20-22-32(43-10)23-21-31/h20-23,30,33-38H,4-5,17-19,24-27H2,1-3,6-16H3/t30-,33+,34?,35-,36-,37-,38-/m1/s1. The average molecular weight is 800 g/mol. The maximum Gasteiger partial charge on any atom is 0.335 e. The molecule has 8 nitrogen and oxygen atoms in total. The predicted octanol–water partition coefficient (Wildman–Crippen LogP) is 10.6. The van der Waals surface area contributed by atoms with Crippen LogP contribution in [0.2, 0.25) is 55.9 Å². The lowest BCUT2D eigenvalue weighted by Crippen LogP contribution is -2.59. The van der Waals surface area contributed by atoms with Crippen LogP contribution >= 0.6 is 11.6 Å². The van der Waals surface area contributed by atoms with Gasteiger partial charge in [0.2, 0.25) is 0 Å². The SMILES string of the molecule is C=C(Cl)CC(O[Si](CC)(CC)CC)[C@H](CC(=C)C[C@H]1O[C@@H](C(=O)OC)[C@H](C)[C@@H](OCc2ccc(OC)cc2)[C@@H]1O[Si](C)(C)C)O[Si](C)(C)C(C)(C)C. The van der Waals surface area contributed by atoms with Crippen LogP contribution < -0.4 is 4.74 Å². The highest BCUT2D eigenvalue weighted by atomic mass is 35.5. The van der Waals surface area contributed by atoms with Gasteiger partial charge in [0.15, 0.2) is 31.1 Å². The first-order valence-electron chi connectivity index (χ1n) is 19.1. The van der Waals surface area contributed by atoms with Crippen LogP contribution in [0.3, 0.4) is 0 Å². The summed E-state index contributed by atoms with van der Waals surface area (Å²) in [6, 6.07) is 10.8. The highest BCUT2D eigenvalue weighted by Gasteiger charge is 2.50. The first-order valence-corrected chi connectivity index (χ1v) is 28.3. The van der Waals surface area contributed by atoms with Crippen molar-refractivity contribution in [1.82, 2.24) is 0 Å². The van der Waals surface area contributed by atoms with E-state index in [9.17, 15) is 4.79 Å². The van der Waals surface area contributed by atoms with E-state index in [1.54, 1.807) is 7.11 Å². The second-order valence-electron chi connectivity index (χ2n) is 17.0. The van der Waals surface area contributed by atoms with E-state index in [0.717, 1.165) is 35.0 Å². The van der Waals surface area contributed by atoms with Crippen molar-refractivity contribution in [3.63, 3.8) is 0 Å². The van der Waals surface area contributed by atoms with Crippen LogP contribution in [0.5, 0.6) is 5.75 Å². The van der Waals surface area contributed by atoms with Gasteiger partial charge in [0, 0.05) is 17.4 Å². The lowest BCUT2D eigenvalue weighted by atomic mass is 9.85. The largest absolute Gasteiger partial charge is 0.497 e. The van der Waals surface area contributed by atoms with Crippen LogP contribution in [0.25, 0.3) is 0 Å². The van der Waals surface area contributed by atoms with Crippen molar-refractivity contribution in [2.24, 2.45) is 5.92 Å². The molecule has 1 aromatic rings. The summed E-state index contributed by atoms with van der Waals surface area (Å²) < 4.78 is 45.3. The number of benzene rings is 1. The van der Waals surface area contributed by atoms with Gasteiger partial charge in [0.1, 0.15) is 5.75 Å². The van der Waals surface area contributed by atoms with Crippen molar-refractivity contribution in [2.75, 3.05) is 14.2 Å². The van der Waals surface area contributed by atoms with E-state index in [0.29, 0.717) is 30.9 Å². The number of carbonyl (C=O) groups excluding carboxylic acids is 1. The molecule has 0 saturated carbocycles. The van der Waals surface area contributed by atoms with Crippen molar-refractivity contribution in [3.05, 3.63) is 53.6 Å². The van der Waals surface area contributed by atoms with Gasteiger partial charge in [-0.1, -0.05) is 90.9 Å². The van der Waals surface area contributed by atoms with E-state index in [4.69, 9.17) is 43.8 Å². The van der Waals surface area contributed by atoms with E-state index in [-0.39, 0.29) is 23.2 Å². The zero-order chi connectivity index (χ0) is 39.7. The summed E-state index contributed by atoms with van der Waals surface area (Å²) in [6.45, 7) is 35.5. The Balaban J connectivity index is 2.56. The molecule has 1 aromatic carbocycles. The monoisotopic (exact) mass is 798 g/mol. The van der Waals surface area contributed by atoms with Crippen molar-refractivity contribution < 1.29 is 37.0 Å². The molecule has 2 rings (SSSR count). The van der Waals surface area contributed by atoms with E-state index in [1.165, 1.54) is 7.11 Å². The van der Waals surface area contributed by atoms with E-state index < -0.39 is 55.3 Å². The van der Waals surface area contributed by atoms with Gasteiger partial charge in [-0.15, -0.1) is 0 Å². The maximum atomic E-state index is 13.2. The third kappa shape index (κ3) is 13.5. The quantitative estimate of drug-likeness (QED) is 0.0691. The molecule has 0 bridgehead atoms. The fourth-order valence-corrected chi connectivity index (χ4v) is 12.1. The molecule has 0 radical (unpaired) electrons. The zero-order valence-electron chi connectivity index (χ0n) is 34.9. The predicted molar refractivity (Wildman–Crippen MR) is 222 cm³/mol. The van der Waals surface area contributed by atoms with Crippen LogP contribution in [0, 0.1) is 5.92 Å². The molecule has 1 unspecified atom stereocenters. The van der Waals surface area contributed by atoms with Gasteiger partial charge >= 0.3 is 5.97 Å². The smallest absolute Gasteiger partial charge is 0.335 e. The molecule has 0 spiro atoms. The number of halogens is 1. The van der Waals surface area contributed by atoms with Crippen LogP contribution in [0.1, 0.15) is 73.3 Å². The highest BCUT2D eigenvalue weighted by molar-refractivity contribution is 6.74. The summed E-state index contributed by atoms with van der Waals surface area (Å²) in [5.74, 6) is 0.0215. The molecule has 1 saturated heterocycles. The normalized spacial score (nSPS) is 22.8. The Kier molecular flexibility index (Phi) is 18.1. The summed E-state index contributed by atoms with van der Waals surface area (Å²) in [5, 5.41) is 0.530. The van der Waals surface area contributed by atoms with Crippen molar-refractivity contribution in [1.29, 1.82) is 0 Å². The third-order valence-corrected chi connectivity index (χ3v) is 21.2. The number of ether oxygens (including phenoxy) is 4. The fourth-order valence-electron chi connectivity index (χ4n) is 6.58. The second kappa shape index (κ2) is 20.0. The Morgan fingerprint density at radius 1 is 0.904 bits per heavy atom. The summed E-state index contributed by atoms with van der Waals surface area (Å²) in [7, 11) is -3.42. The van der Waals surface area contributed by atoms with Gasteiger partial charge in [-0.05, 0) is 86.4 Å². The molecule has 12 heteroatoms. The van der Waals surface area contributed by atoms with Gasteiger partial charge in [0.05, 0.1) is 51.3 Å². The molecule has 298 valence electrons. The van der Waals surface area contributed by atoms with Gasteiger partial charge in [0.25, 0.3) is 0 Å². The van der Waals surface area contributed by atoms with Gasteiger partial charge in [-0.2, -0.15) is 0 Å². The van der Waals surface area contributed by atoms with Crippen molar-refractivity contribution in [2.45, 2.75) is 167 Å². The molecule has 1 aliphatic heterocycles. The first-order chi connectivity index (χ1) is 24.1. The average Bonchev–Trinajstić information content (AvgIpc) is 3.06. The highest BCUT2D eigenvalue weighted by Crippen LogP contribution is 2.41.